The van der Waals surface area contributed by atoms with Crippen molar-refractivity contribution in [3.05, 3.63) is 23.3 Å². The van der Waals surface area contributed by atoms with Crippen LogP contribution in [-0.4, -0.2) is 83.3 Å². The summed E-state index contributed by atoms with van der Waals surface area (Å²) in [5.41, 5.74) is 1.65. The molecular formula is C30H41N3O5. The van der Waals surface area contributed by atoms with E-state index in [0.717, 1.165) is 76.2 Å². The van der Waals surface area contributed by atoms with Crippen molar-refractivity contribution in [1.82, 2.24) is 15.1 Å². The number of hydrogen-bond acceptors (Lipinski definition) is 7. The first kappa shape index (κ1) is 24.7. The van der Waals surface area contributed by atoms with Crippen LogP contribution in [0, 0.1) is 11.8 Å². The number of phenolic OH excluding ortho intramolecular Hbond substituents is 1. The lowest BCUT2D eigenvalue weighted by Crippen LogP contribution is -2.83. The van der Waals surface area contributed by atoms with Gasteiger partial charge >= 0.3 is 5.97 Å². The number of hydrogen-bond donors (Lipinski definition) is 2. The van der Waals surface area contributed by atoms with E-state index in [4.69, 9.17) is 9.47 Å². The van der Waals surface area contributed by atoms with Crippen molar-refractivity contribution in [2.24, 2.45) is 11.8 Å². The van der Waals surface area contributed by atoms with Crippen molar-refractivity contribution in [2.75, 3.05) is 32.8 Å². The molecule has 2 bridgehead atoms. The highest BCUT2D eigenvalue weighted by Crippen LogP contribution is 2.66. The van der Waals surface area contributed by atoms with Crippen LogP contribution in [0.4, 0.5) is 0 Å². The van der Waals surface area contributed by atoms with Crippen molar-refractivity contribution in [3.63, 3.8) is 0 Å². The van der Waals surface area contributed by atoms with E-state index in [2.05, 4.69) is 21.2 Å². The molecule has 2 saturated carbocycles. The molecule has 3 aliphatic carbocycles. The quantitative estimate of drug-likeness (QED) is 0.554. The maximum absolute atomic E-state index is 12.9. The van der Waals surface area contributed by atoms with Crippen LogP contribution >= 0.6 is 0 Å². The molecule has 5 atom stereocenters. The zero-order valence-electron chi connectivity index (χ0n) is 22.7. The van der Waals surface area contributed by atoms with Gasteiger partial charge in [-0.05, 0) is 95.5 Å². The molecule has 3 heterocycles. The van der Waals surface area contributed by atoms with Crippen LogP contribution < -0.4 is 10.1 Å². The van der Waals surface area contributed by atoms with Crippen LogP contribution in [-0.2, 0) is 26.2 Å². The van der Waals surface area contributed by atoms with E-state index in [9.17, 15) is 14.7 Å². The summed E-state index contributed by atoms with van der Waals surface area (Å²) < 4.78 is 12.2. The fourth-order valence-electron chi connectivity index (χ4n) is 9.17. The minimum absolute atomic E-state index is 0.0205. The molecule has 7 rings (SSSR count). The zero-order valence-corrected chi connectivity index (χ0v) is 22.7. The summed E-state index contributed by atoms with van der Waals surface area (Å²) in [5, 5.41) is 14.6. The molecule has 1 aromatic rings. The Morgan fingerprint density at radius 1 is 1.13 bits per heavy atom. The lowest BCUT2D eigenvalue weighted by atomic mass is 9.46. The topological polar surface area (TPSA) is 91.3 Å². The monoisotopic (exact) mass is 523 g/mol. The van der Waals surface area contributed by atoms with Crippen molar-refractivity contribution in [2.45, 2.75) is 94.4 Å². The number of likely N-dealkylation sites (tertiary alicyclic amines) is 2. The predicted octanol–water partition coefficient (Wildman–Crippen LogP) is 2.74. The largest absolute Gasteiger partial charge is 0.504 e. The number of piperidine rings is 2. The predicted molar refractivity (Wildman–Crippen MR) is 141 cm³/mol. The number of nitrogens with zero attached hydrogens (tertiary/aromatic N) is 2. The molecule has 1 amide bonds. The van der Waals surface area contributed by atoms with Gasteiger partial charge in [-0.3, -0.25) is 19.4 Å². The number of rotatable bonds is 6. The van der Waals surface area contributed by atoms with Gasteiger partial charge in [0.1, 0.15) is 6.10 Å². The van der Waals surface area contributed by atoms with E-state index >= 15 is 0 Å². The molecule has 38 heavy (non-hydrogen) atoms. The second kappa shape index (κ2) is 8.85. The van der Waals surface area contributed by atoms with Gasteiger partial charge < -0.3 is 19.9 Å². The molecule has 8 nitrogen and oxygen atoms in total. The van der Waals surface area contributed by atoms with Gasteiger partial charge in [-0.25, -0.2) is 0 Å². The third-order valence-electron chi connectivity index (χ3n) is 10.8. The molecule has 0 radical (unpaired) electrons. The highest BCUT2D eigenvalue weighted by atomic mass is 16.5. The molecule has 2 N–H and O–H groups in total. The first-order chi connectivity index (χ1) is 18.4. The summed E-state index contributed by atoms with van der Waals surface area (Å²) in [5.74, 6) is 1.55. The zero-order chi connectivity index (χ0) is 26.2. The van der Waals surface area contributed by atoms with Gasteiger partial charge in [0.2, 0.25) is 5.91 Å². The number of phenols is 1. The number of benzene rings is 1. The average molecular weight is 524 g/mol. The standard InChI is InChI=1S/C30H41N3O5/c1-3-37-28(36)20-9-13-32(14-10-20)22-8-11-30(31-18(2)34)24-16-21-6-7-23(35)26-25(21)29(30,27(22)38-26)12-15-33(24)17-19-4-5-19/h6-7,19-20,22,24,27,35H,3-5,8-17H2,1-2H3,(H,31,34)/t22-,24-,27+,29+,30-/m1/s1. The fourth-order valence-corrected chi connectivity index (χ4v) is 9.17. The Morgan fingerprint density at radius 3 is 2.63 bits per heavy atom. The van der Waals surface area contributed by atoms with E-state index in [1.807, 2.05) is 6.92 Å². The molecule has 8 heteroatoms. The van der Waals surface area contributed by atoms with E-state index in [0.29, 0.717) is 12.4 Å². The second-order valence-corrected chi connectivity index (χ2v) is 12.7. The Kier molecular flexibility index (Phi) is 5.75. The van der Waals surface area contributed by atoms with E-state index in [1.54, 1.807) is 13.0 Å². The Hall–Kier alpha value is -2.32. The molecule has 1 spiro atoms. The smallest absolute Gasteiger partial charge is 0.309 e. The lowest BCUT2D eigenvalue weighted by molar-refractivity contribution is -0.151. The van der Waals surface area contributed by atoms with Crippen LogP contribution in [0.5, 0.6) is 11.5 Å². The van der Waals surface area contributed by atoms with Crippen LogP contribution in [0.3, 0.4) is 0 Å². The van der Waals surface area contributed by atoms with Gasteiger partial charge in [-0.2, -0.15) is 0 Å². The lowest BCUT2D eigenvalue weighted by Gasteiger charge is -2.67. The van der Waals surface area contributed by atoms with Crippen LogP contribution in [0.15, 0.2) is 12.1 Å². The summed E-state index contributed by atoms with van der Waals surface area (Å²) in [4.78, 5) is 30.5. The fraction of sp³-hybridized carbons (Fsp3) is 0.733. The van der Waals surface area contributed by atoms with Gasteiger partial charge in [-0.15, -0.1) is 0 Å². The second-order valence-electron chi connectivity index (χ2n) is 12.7. The first-order valence-corrected chi connectivity index (χ1v) is 14.8. The number of carbonyl (C=O) groups is 2. The van der Waals surface area contributed by atoms with Gasteiger partial charge in [-0.1, -0.05) is 6.07 Å². The summed E-state index contributed by atoms with van der Waals surface area (Å²) in [6.07, 6.45) is 7.69. The van der Waals surface area contributed by atoms with Gasteiger partial charge in [0, 0.05) is 31.1 Å². The summed E-state index contributed by atoms with van der Waals surface area (Å²) in [7, 11) is 0. The molecular weight excluding hydrogens is 482 g/mol. The number of ether oxygens (including phenoxy) is 2. The van der Waals surface area contributed by atoms with E-state index in [1.165, 1.54) is 18.4 Å². The Labute approximate surface area is 225 Å². The Balaban J connectivity index is 1.28. The minimum atomic E-state index is -0.414. The maximum Gasteiger partial charge on any atom is 0.309 e. The van der Waals surface area contributed by atoms with Gasteiger partial charge in [0.15, 0.2) is 11.5 Å². The van der Waals surface area contributed by atoms with Crippen molar-refractivity contribution in [3.8, 4) is 11.5 Å². The highest BCUT2D eigenvalue weighted by molar-refractivity contribution is 5.76. The van der Waals surface area contributed by atoms with Gasteiger partial charge in [0.05, 0.1) is 23.5 Å². The number of nitrogens with one attached hydrogen (secondary N) is 1. The molecule has 2 saturated heterocycles. The summed E-state index contributed by atoms with van der Waals surface area (Å²) >= 11 is 0. The normalized spacial score (nSPS) is 36.3. The molecule has 0 unspecified atom stereocenters. The molecule has 4 fully saturated rings. The third-order valence-corrected chi connectivity index (χ3v) is 10.8. The molecule has 3 aliphatic heterocycles. The number of aromatic hydroxyl groups is 1. The van der Waals surface area contributed by atoms with E-state index in [-0.39, 0.29) is 47.1 Å². The van der Waals surface area contributed by atoms with Crippen LogP contribution in [0.2, 0.25) is 0 Å². The molecule has 6 aliphatic rings. The summed E-state index contributed by atoms with van der Waals surface area (Å²) in [6, 6.07) is 4.30. The molecule has 1 aromatic carbocycles. The van der Waals surface area contributed by atoms with E-state index < -0.39 is 5.54 Å². The Bertz CT molecular complexity index is 1140. The number of amides is 1. The van der Waals surface area contributed by atoms with Crippen molar-refractivity contribution >= 4 is 11.9 Å². The van der Waals surface area contributed by atoms with Crippen LogP contribution in [0.1, 0.15) is 69.9 Å². The molecule has 206 valence electrons. The first-order valence-electron chi connectivity index (χ1n) is 14.8. The summed E-state index contributed by atoms with van der Waals surface area (Å²) in [6.45, 7) is 7.72. The SMILES string of the molecule is CCOC(=O)C1CCN([C@@H]2CC[C@@]3(NC(C)=O)[C@H]4Cc5ccc(O)c6c5[C@@]3(CCN4CC3CC3)[C@H]2O6)CC1. The highest BCUT2D eigenvalue weighted by Gasteiger charge is 2.74. The average Bonchev–Trinajstić information content (AvgIpc) is 3.64. The van der Waals surface area contributed by atoms with Crippen LogP contribution in [0.25, 0.3) is 0 Å². The molecule has 0 aromatic heterocycles. The van der Waals surface area contributed by atoms with Crippen molar-refractivity contribution in [1.29, 1.82) is 0 Å². The minimum Gasteiger partial charge on any atom is -0.504 e. The van der Waals surface area contributed by atoms with Crippen molar-refractivity contribution < 1.29 is 24.2 Å². The van der Waals surface area contributed by atoms with Gasteiger partial charge in [0.25, 0.3) is 0 Å². The third kappa shape index (κ3) is 3.41. The number of carbonyl (C=O) groups excluding carboxylic acids is 2. The Morgan fingerprint density at radius 2 is 1.92 bits per heavy atom. The number of esters is 1. The maximum atomic E-state index is 12.9.